The third-order valence-electron chi connectivity index (χ3n) is 4.16. The van der Waals surface area contributed by atoms with Crippen molar-refractivity contribution in [3.8, 4) is 0 Å². The third kappa shape index (κ3) is 5.01. The van der Waals surface area contributed by atoms with Crippen LogP contribution >= 0.6 is 69.6 Å². The molecule has 1 heterocycles. The smallest absolute Gasteiger partial charge is 0.280 e. The fourth-order valence-corrected chi connectivity index (χ4v) is 2.71. The molecule has 0 saturated carbocycles. The Morgan fingerprint density at radius 2 is 1.56 bits per heavy atom. The van der Waals surface area contributed by atoms with E-state index >= 15 is 0 Å². The van der Waals surface area contributed by atoms with Gasteiger partial charge in [-0.2, -0.15) is 0 Å². The number of amides is 2. The van der Waals surface area contributed by atoms with Gasteiger partial charge in [0.05, 0.1) is 0 Å². The maximum Gasteiger partial charge on any atom is 0.280 e. The van der Waals surface area contributed by atoms with E-state index in [9.17, 15) is 14.7 Å². The van der Waals surface area contributed by atoms with E-state index in [-0.39, 0.29) is 12.1 Å². The van der Waals surface area contributed by atoms with E-state index in [0.717, 1.165) is 9.80 Å². The van der Waals surface area contributed by atoms with E-state index in [1.165, 1.54) is 20.2 Å². The quantitative estimate of drug-likeness (QED) is 0.498. The molecular formula is C14H18Cl6N2O3. The number of halogens is 6. The van der Waals surface area contributed by atoms with Crippen LogP contribution in [0.1, 0.15) is 20.3 Å². The van der Waals surface area contributed by atoms with E-state index in [2.05, 4.69) is 0 Å². The Morgan fingerprint density at radius 3 is 1.96 bits per heavy atom. The van der Waals surface area contributed by atoms with E-state index < -0.39 is 37.0 Å². The lowest BCUT2D eigenvalue weighted by molar-refractivity contribution is -0.187. The van der Waals surface area contributed by atoms with Gasteiger partial charge in [0, 0.05) is 32.4 Å². The Labute approximate surface area is 176 Å². The van der Waals surface area contributed by atoms with Crippen molar-refractivity contribution in [3.63, 3.8) is 0 Å². The topological polar surface area (TPSA) is 60.9 Å². The van der Waals surface area contributed by atoms with Crippen LogP contribution in [0.3, 0.4) is 0 Å². The zero-order valence-corrected chi connectivity index (χ0v) is 18.4. The number of carbonyl (C=O) groups excluding carboxylic acids is 2. The Bertz CT molecular complexity index is 586. The average Bonchev–Trinajstić information content (AvgIpc) is 2.45. The van der Waals surface area contributed by atoms with Crippen molar-refractivity contribution in [3.05, 3.63) is 11.8 Å². The molecule has 0 aromatic carbocycles. The number of piperazine rings is 1. The predicted molar refractivity (Wildman–Crippen MR) is 102 cm³/mol. The van der Waals surface area contributed by atoms with Gasteiger partial charge in [-0.3, -0.25) is 9.59 Å². The minimum absolute atomic E-state index is 0.0162. The molecule has 0 bridgehead atoms. The lowest BCUT2D eigenvalue weighted by atomic mass is 9.93. The first kappa shape index (κ1) is 23.4. The van der Waals surface area contributed by atoms with Crippen molar-refractivity contribution >= 4 is 81.4 Å². The zero-order chi connectivity index (χ0) is 20.0. The Hall–Kier alpha value is 0.380. The molecule has 1 aliphatic heterocycles. The van der Waals surface area contributed by atoms with Crippen LogP contribution in [0.5, 0.6) is 0 Å². The van der Waals surface area contributed by atoms with Crippen LogP contribution in [0, 0.1) is 11.8 Å². The lowest BCUT2D eigenvalue weighted by Gasteiger charge is -2.45. The minimum atomic E-state index is -2.16. The van der Waals surface area contributed by atoms with Gasteiger partial charge >= 0.3 is 0 Å². The van der Waals surface area contributed by atoms with Crippen molar-refractivity contribution in [2.75, 3.05) is 14.1 Å². The van der Waals surface area contributed by atoms with Gasteiger partial charge in [0.15, 0.2) is 7.59 Å². The van der Waals surface area contributed by atoms with Crippen molar-refractivity contribution in [2.45, 2.75) is 33.6 Å². The molecule has 144 valence electrons. The van der Waals surface area contributed by atoms with Gasteiger partial charge in [-0.25, -0.2) is 0 Å². The number of carbonyl (C=O) groups is 2. The zero-order valence-electron chi connectivity index (χ0n) is 13.9. The van der Waals surface area contributed by atoms with Gasteiger partial charge in [-0.05, 0) is 6.08 Å². The van der Waals surface area contributed by atoms with Gasteiger partial charge < -0.3 is 14.9 Å². The molecule has 0 aromatic rings. The number of aliphatic hydroxyl groups is 1. The normalized spacial score (nSPS) is 27.1. The molecule has 5 nitrogen and oxygen atoms in total. The highest BCUT2D eigenvalue weighted by molar-refractivity contribution is 6.68. The summed E-state index contributed by atoms with van der Waals surface area (Å²) < 4.78 is -3.37. The molecule has 1 unspecified atom stereocenters. The van der Waals surface area contributed by atoms with Gasteiger partial charge in [-0.1, -0.05) is 83.5 Å². The van der Waals surface area contributed by atoms with Crippen LogP contribution in [0.4, 0.5) is 0 Å². The fourth-order valence-electron chi connectivity index (χ4n) is 2.29. The van der Waals surface area contributed by atoms with E-state index in [0.29, 0.717) is 0 Å². The van der Waals surface area contributed by atoms with Gasteiger partial charge in [0.2, 0.25) is 5.72 Å². The van der Waals surface area contributed by atoms with E-state index in [1.54, 1.807) is 13.8 Å². The highest BCUT2D eigenvalue weighted by Gasteiger charge is 2.53. The summed E-state index contributed by atoms with van der Waals surface area (Å²) in [6, 6.07) is 0. The Balaban J connectivity index is 3.24. The molecule has 2 amide bonds. The summed E-state index contributed by atoms with van der Waals surface area (Å²) in [5.41, 5.74) is -2.17. The summed E-state index contributed by atoms with van der Waals surface area (Å²) in [4.78, 5) is 27.3. The molecule has 1 fully saturated rings. The van der Waals surface area contributed by atoms with Gasteiger partial charge in [-0.15, -0.1) is 0 Å². The molecule has 1 N–H and O–H groups in total. The highest BCUT2D eigenvalue weighted by atomic mass is 35.6. The monoisotopic (exact) mass is 472 g/mol. The largest absolute Gasteiger partial charge is 0.363 e. The second-order valence-corrected chi connectivity index (χ2v) is 10.8. The van der Waals surface area contributed by atoms with Crippen LogP contribution < -0.4 is 0 Å². The molecule has 1 rings (SSSR count). The fraction of sp³-hybridized carbons (Fsp3) is 0.714. The van der Waals surface area contributed by atoms with Crippen LogP contribution in [0.25, 0.3) is 0 Å². The molecule has 11 heteroatoms. The predicted octanol–water partition coefficient (Wildman–Crippen LogP) is 3.89. The number of nitrogens with zero attached hydrogens (tertiary/aromatic N) is 2. The molecule has 0 aromatic heterocycles. The summed E-state index contributed by atoms with van der Waals surface area (Å²) in [7, 11) is 2.63. The highest BCUT2D eigenvalue weighted by Crippen LogP contribution is 2.42. The molecule has 0 aliphatic carbocycles. The summed E-state index contributed by atoms with van der Waals surface area (Å²) in [6.45, 7) is 3.13. The number of rotatable bonds is 3. The first-order chi connectivity index (χ1) is 11.0. The van der Waals surface area contributed by atoms with Crippen LogP contribution in [0.15, 0.2) is 11.8 Å². The van der Waals surface area contributed by atoms with Crippen molar-refractivity contribution in [1.82, 2.24) is 9.80 Å². The standard InChI is InChI=1S/C14H18Cl6N2O3/c1-7(13(15,16)17)5-9-10(23)22(4)12(25,11(24)21(9)3)6-8(2)14(18,19)20/h5,7-8,25H,6H2,1-4H3/b9-5+/t7-,8-,12?/m0/s1. The van der Waals surface area contributed by atoms with E-state index in [4.69, 9.17) is 69.6 Å². The summed E-state index contributed by atoms with van der Waals surface area (Å²) >= 11 is 34.9. The first-order valence-corrected chi connectivity index (χ1v) is 9.44. The second-order valence-electron chi connectivity index (χ2n) is 6.07. The van der Waals surface area contributed by atoms with Crippen LogP contribution in [-0.2, 0) is 9.59 Å². The number of likely N-dealkylation sites (N-methyl/N-ethyl adjacent to an activating group) is 2. The van der Waals surface area contributed by atoms with Crippen LogP contribution in [0.2, 0.25) is 0 Å². The van der Waals surface area contributed by atoms with Gasteiger partial charge in [0.25, 0.3) is 11.8 Å². The molecule has 1 aliphatic rings. The molecule has 25 heavy (non-hydrogen) atoms. The summed E-state index contributed by atoms with van der Waals surface area (Å²) in [6.07, 6.45) is 1.10. The van der Waals surface area contributed by atoms with E-state index in [1.807, 2.05) is 0 Å². The Kier molecular flexibility index (Phi) is 7.29. The molecule has 0 radical (unpaired) electrons. The third-order valence-corrected chi connectivity index (χ3v) is 6.31. The average molecular weight is 475 g/mol. The minimum Gasteiger partial charge on any atom is -0.363 e. The van der Waals surface area contributed by atoms with Crippen molar-refractivity contribution in [2.24, 2.45) is 11.8 Å². The molecule has 3 atom stereocenters. The maximum atomic E-state index is 12.7. The SMILES string of the molecule is C[C@@H](/C=C1\C(=O)N(C)C(O)(C[C@H](C)C(Cl)(Cl)Cl)C(=O)N1C)C(Cl)(Cl)Cl. The number of alkyl halides is 6. The molecular weight excluding hydrogens is 457 g/mol. The number of hydrogen-bond donors (Lipinski definition) is 1. The maximum absolute atomic E-state index is 12.7. The van der Waals surface area contributed by atoms with Crippen LogP contribution in [-0.4, -0.2) is 54.1 Å². The van der Waals surface area contributed by atoms with Crippen molar-refractivity contribution in [1.29, 1.82) is 0 Å². The molecule has 1 saturated heterocycles. The number of allylic oxidation sites excluding steroid dienone is 1. The molecule has 0 spiro atoms. The Morgan fingerprint density at radius 1 is 1.08 bits per heavy atom. The number of hydrogen-bond acceptors (Lipinski definition) is 3. The van der Waals surface area contributed by atoms with Gasteiger partial charge in [0.1, 0.15) is 5.70 Å². The summed E-state index contributed by atoms with van der Waals surface area (Å²) in [5.74, 6) is -2.74. The summed E-state index contributed by atoms with van der Waals surface area (Å²) in [5, 5.41) is 10.8. The second kappa shape index (κ2) is 7.78. The first-order valence-electron chi connectivity index (χ1n) is 7.17. The lowest BCUT2D eigenvalue weighted by Crippen LogP contribution is -2.66. The van der Waals surface area contributed by atoms with Crippen molar-refractivity contribution < 1.29 is 14.7 Å².